The second kappa shape index (κ2) is 11.2. The summed E-state index contributed by atoms with van der Waals surface area (Å²) in [5.74, 6) is 1.60. The Kier molecular flexibility index (Phi) is 5.98. The molecule has 2 aliphatic carbocycles. The quantitative estimate of drug-likeness (QED) is 0.181. The Morgan fingerprint density at radius 3 is 1.56 bits per heavy atom. The Morgan fingerprint density at radius 1 is 0.458 bits per heavy atom. The van der Waals surface area contributed by atoms with Gasteiger partial charge in [-0.3, -0.25) is 4.57 Å². The minimum absolute atomic E-state index is 0.403. The largest absolute Gasteiger partial charge is 0.456 e. The van der Waals surface area contributed by atoms with Crippen LogP contribution < -0.4 is 5.32 Å². The van der Waals surface area contributed by atoms with Crippen molar-refractivity contribution < 1.29 is 4.42 Å². The van der Waals surface area contributed by atoms with E-state index in [1.54, 1.807) is 0 Å². The molecule has 4 nitrogen and oxygen atoms in total. The van der Waals surface area contributed by atoms with E-state index in [-0.39, 0.29) is 0 Å². The molecule has 4 heteroatoms. The lowest BCUT2D eigenvalue weighted by Gasteiger charge is -2.30. The molecule has 59 heavy (non-hydrogen) atoms. The zero-order chi connectivity index (χ0) is 38.4. The number of fused-ring (bicyclic) bond motifs is 18. The summed E-state index contributed by atoms with van der Waals surface area (Å²) >= 11 is 0. The van der Waals surface area contributed by atoms with Crippen LogP contribution in [0, 0.1) is 0 Å². The van der Waals surface area contributed by atoms with Crippen molar-refractivity contribution in [1.29, 1.82) is 0 Å². The van der Waals surface area contributed by atoms with E-state index in [0.717, 1.165) is 45.0 Å². The standard InChI is InChI=1S/C55H33N3O/c1-3-15-34-30-48-42(27-32(34)13-1)43-28-33-14-2-4-16-35(33)31-49(43)58(48)54-56-51(53-52(57-54)40-20-8-12-24-50(40)59-53)36-25-26-47-41(29-36)39-19-7-11-23-46(39)55(47)44-21-9-5-17-37(44)38-18-6-10-22-45(38)55/h1-31,51H,(H,56,57). The van der Waals surface area contributed by atoms with Gasteiger partial charge in [0.25, 0.3) is 0 Å². The summed E-state index contributed by atoms with van der Waals surface area (Å²) in [6.45, 7) is 0. The summed E-state index contributed by atoms with van der Waals surface area (Å²) < 4.78 is 9.15. The van der Waals surface area contributed by atoms with Crippen LogP contribution in [0.1, 0.15) is 39.6 Å². The molecule has 274 valence electrons. The number of aromatic nitrogens is 1. The third-order valence-electron chi connectivity index (χ3n) is 13.4. The Hall–Kier alpha value is -7.69. The minimum Gasteiger partial charge on any atom is -0.456 e. The number of hydrogen-bond acceptors (Lipinski definition) is 3. The second-order valence-electron chi connectivity index (χ2n) is 16.3. The van der Waals surface area contributed by atoms with Gasteiger partial charge >= 0.3 is 0 Å². The molecule has 1 spiro atoms. The number of nitrogens with zero attached hydrogens (tertiary/aromatic N) is 2. The van der Waals surface area contributed by atoms with Crippen molar-refractivity contribution in [1.82, 2.24) is 4.57 Å². The molecule has 3 aliphatic rings. The molecule has 0 amide bonds. The monoisotopic (exact) mass is 751 g/mol. The van der Waals surface area contributed by atoms with E-state index < -0.39 is 11.5 Å². The van der Waals surface area contributed by atoms with E-state index in [4.69, 9.17) is 9.41 Å². The topological polar surface area (TPSA) is 42.5 Å². The van der Waals surface area contributed by atoms with E-state index in [9.17, 15) is 0 Å². The molecule has 14 rings (SSSR count). The van der Waals surface area contributed by atoms with Gasteiger partial charge in [-0.25, -0.2) is 4.99 Å². The van der Waals surface area contributed by atoms with Crippen LogP contribution in [0.5, 0.6) is 0 Å². The highest BCUT2D eigenvalue weighted by atomic mass is 16.3. The molecule has 3 heterocycles. The minimum atomic E-state index is -0.404. The van der Waals surface area contributed by atoms with E-state index in [1.807, 2.05) is 6.07 Å². The lowest BCUT2D eigenvalue weighted by molar-refractivity contribution is 0.525. The summed E-state index contributed by atoms with van der Waals surface area (Å²) in [6.07, 6.45) is 0. The summed E-state index contributed by atoms with van der Waals surface area (Å²) in [4.78, 5) is 5.71. The molecule has 11 aromatic rings. The maximum absolute atomic E-state index is 6.81. The predicted molar refractivity (Wildman–Crippen MR) is 242 cm³/mol. The van der Waals surface area contributed by atoms with Gasteiger partial charge in [-0.15, -0.1) is 0 Å². The van der Waals surface area contributed by atoms with Gasteiger partial charge in [0.05, 0.1) is 22.1 Å². The fourth-order valence-electron chi connectivity index (χ4n) is 11.0. The van der Waals surface area contributed by atoms with E-state index in [2.05, 4.69) is 192 Å². The number of benzene rings is 9. The highest BCUT2D eigenvalue weighted by Gasteiger charge is 2.51. The normalized spacial score (nSPS) is 15.7. The maximum Gasteiger partial charge on any atom is 0.208 e. The number of anilines is 1. The van der Waals surface area contributed by atoms with Gasteiger partial charge < -0.3 is 9.73 Å². The average molecular weight is 752 g/mol. The summed E-state index contributed by atoms with van der Waals surface area (Å²) in [5.41, 5.74) is 15.1. The van der Waals surface area contributed by atoms with Crippen molar-refractivity contribution in [3.05, 3.63) is 222 Å². The third-order valence-corrected chi connectivity index (χ3v) is 13.4. The Balaban J connectivity index is 1.04. The molecule has 1 atom stereocenters. The lowest BCUT2D eigenvalue weighted by atomic mass is 9.70. The molecular formula is C55H33N3O. The van der Waals surface area contributed by atoms with E-state index in [0.29, 0.717) is 0 Å². The number of nitrogens with one attached hydrogen (secondary N) is 1. The van der Waals surface area contributed by atoms with Crippen LogP contribution >= 0.6 is 0 Å². The zero-order valence-corrected chi connectivity index (χ0v) is 31.8. The van der Waals surface area contributed by atoms with E-state index in [1.165, 1.54) is 76.8 Å². The molecule has 1 aliphatic heterocycles. The summed E-state index contributed by atoms with van der Waals surface area (Å²) in [5, 5.41) is 12.1. The molecule has 0 saturated heterocycles. The van der Waals surface area contributed by atoms with Crippen molar-refractivity contribution in [2.24, 2.45) is 4.99 Å². The predicted octanol–water partition coefficient (Wildman–Crippen LogP) is 13.6. The zero-order valence-electron chi connectivity index (χ0n) is 31.8. The number of furan rings is 1. The average Bonchev–Trinajstić information content (AvgIpc) is 4.00. The van der Waals surface area contributed by atoms with Crippen LogP contribution in [-0.4, -0.2) is 10.5 Å². The van der Waals surface area contributed by atoms with Gasteiger partial charge in [-0.05, 0) is 114 Å². The molecule has 2 aromatic heterocycles. The first-order chi connectivity index (χ1) is 29.2. The Bertz CT molecular complexity index is 3540. The number of hydrogen-bond donors (Lipinski definition) is 1. The fraction of sp³-hybridized carbons (Fsp3) is 0.0364. The van der Waals surface area contributed by atoms with Gasteiger partial charge in [0, 0.05) is 16.2 Å². The van der Waals surface area contributed by atoms with Crippen LogP contribution in [0.2, 0.25) is 0 Å². The number of aliphatic imine (C=N–C) groups is 1. The SMILES string of the molecule is c1ccc2c(c1)-c1ccccc1C21c2ccccc2-c2cc(C3N=C(n4c5cc6ccccc6cc5c5cc6ccccc6cc54)Nc4c3oc3ccccc43)ccc21. The first-order valence-electron chi connectivity index (χ1n) is 20.4. The highest BCUT2D eigenvalue weighted by molar-refractivity contribution is 6.22. The van der Waals surface area contributed by atoms with Crippen molar-refractivity contribution in [3.63, 3.8) is 0 Å². The van der Waals surface area contributed by atoms with Crippen molar-refractivity contribution in [2.45, 2.75) is 11.5 Å². The summed E-state index contributed by atoms with van der Waals surface area (Å²) in [7, 11) is 0. The fourth-order valence-corrected chi connectivity index (χ4v) is 11.0. The third kappa shape index (κ3) is 4.00. The van der Waals surface area contributed by atoms with E-state index >= 15 is 0 Å². The molecule has 0 bridgehead atoms. The van der Waals surface area contributed by atoms with Crippen LogP contribution in [0.3, 0.4) is 0 Å². The first kappa shape index (κ1) is 31.4. The molecule has 9 aromatic carbocycles. The van der Waals surface area contributed by atoms with Crippen molar-refractivity contribution >= 4 is 66.0 Å². The van der Waals surface area contributed by atoms with Crippen LogP contribution in [-0.2, 0) is 5.41 Å². The van der Waals surface area contributed by atoms with Crippen molar-refractivity contribution in [3.8, 4) is 22.3 Å². The first-order valence-corrected chi connectivity index (χ1v) is 20.4. The lowest BCUT2D eigenvalue weighted by Crippen LogP contribution is -2.27. The van der Waals surface area contributed by atoms with Gasteiger partial charge in [0.1, 0.15) is 11.6 Å². The summed E-state index contributed by atoms with van der Waals surface area (Å²) in [6, 6.07) is 68.5. The number of para-hydroxylation sites is 1. The number of rotatable bonds is 1. The smallest absolute Gasteiger partial charge is 0.208 e. The molecule has 0 saturated carbocycles. The second-order valence-corrected chi connectivity index (χ2v) is 16.3. The molecule has 1 N–H and O–H groups in total. The van der Waals surface area contributed by atoms with Gasteiger partial charge in [0.15, 0.2) is 5.76 Å². The Morgan fingerprint density at radius 2 is 0.949 bits per heavy atom. The molecule has 1 unspecified atom stereocenters. The van der Waals surface area contributed by atoms with Gasteiger partial charge in [0.2, 0.25) is 5.96 Å². The molecule has 0 radical (unpaired) electrons. The van der Waals surface area contributed by atoms with Gasteiger partial charge in [-0.2, -0.15) is 0 Å². The van der Waals surface area contributed by atoms with Crippen LogP contribution in [0.25, 0.3) is 76.6 Å². The van der Waals surface area contributed by atoms with Crippen LogP contribution in [0.4, 0.5) is 5.69 Å². The maximum atomic E-state index is 6.81. The molecule has 0 fully saturated rings. The van der Waals surface area contributed by atoms with Crippen LogP contribution in [0.15, 0.2) is 197 Å². The van der Waals surface area contributed by atoms with Gasteiger partial charge in [-0.1, -0.05) is 146 Å². The molecular weight excluding hydrogens is 719 g/mol. The highest BCUT2D eigenvalue weighted by Crippen LogP contribution is 2.63. The Labute approximate surface area is 339 Å². The van der Waals surface area contributed by atoms with Crippen molar-refractivity contribution in [2.75, 3.05) is 5.32 Å².